The monoisotopic (exact) mass is 665 g/mol. The molecule has 0 spiro atoms. The van der Waals surface area contributed by atoms with Crippen molar-refractivity contribution in [3.63, 3.8) is 0 Å². The van der Waals surface area contributed by atoms with E-state index in [1.165, 1.54) is 18.9 Å². The molecule has 3 heterocycles. The van der Waals surface area contributed by atoms with Gasteiger partial charge < -0.3 is 28.6 Å². The van der Waals surface area contributed by atoms with Gasteiger partial charge in [-0.25, -0.2) is 4.79 Å². The van der Waals surface area contributed by atoms with Crippen LogP contribution in [0.1, 0.15) is 81.6 Å². The van der Waals surface area contributed by atoms with Gasteiger partial charge in [-0.1, -0.05) is 39.7 Å². The number of methoxy groups -OCH3 is 1. The van der Waals surface area contributed by atoms with Gasteiger partial charge in [0, 0.05) is 41.7 Å². The predicted molar refractivity (Wildman–Crippen MR) is 172 cm³/mol. The second kappa shape index (κ2) is 15.2. The number of ketones is 2. The van der Waals surface area contributed by atoms with E-state index < -0.39 is 77.3 Å². The molecule has 5 unspecified atom stereocenters. The highest BCUT2D eigenvalue weighted by atomic mass is 16.7. The number of carbonyl (C=O) groups is 4. The zero-order chi connectivity index (χ0) is 35.6. The van der Waals surface area contributed by atoms with Crippen LogP contribution in [0.3, 0.4) is 0 Å². The van der Waals surface area contributed by atoms with Crippen LogP contribution >= 0.6 is 0 Å². The summed E-state index contributed by atoms with van der Waals surface area (Å²) in [5.74, 6) is -4.99. The van der Waals surface area contributed by atoms with Gasteiger partial charge in [0.2, 0.25) is 0 Å². The second-order valence-electron chi connectivity index (χ2n) is 14.4. The lowest BCUT2D eigenvalue weighted by Crippen LogP contribution is -2.59. The molecule has 266 valence electrons. The Balaban J connectivity index is 2.15. The van der Waals surface area contributed by atoms with Crippen molar-refractivity contribution in [2.24, 2.45) is 34.7 Å². The first kappa shape index (κ1) is 38.7. The lowest BCUT2D eigenvalue weighted by atomic mass is 9.73. The van der Waals surface area contributed by atoms with Gasteiger partial charge in [-0.15, -0.1) is 0 Å². The molecule has 3 aliphatic heterocycles. The van der Waals surface area contributed by atoms with Crippen molar-refractivity contribution in [2.75, 3.05) is 27.9 Å². The Hall–Kier alpha value is -2.77. The number of rotatable bonds is 7. The molecule has 14 heteroatoms. The average molecular weight is 666 g/mol. The van der Waals surface area contributed by atoms with Crippen molar-refractivity contribution in [3.05, 3.63) is 10.4 Å². The van der Waals surface area contributed by atoms with Crippen LogP contribution in [0.15, 0.2) is 5.11 Å². The molecule has 47 heavy (non-hydrogen) atoms. The Morgan fingerprint density at radius 1 is 1.04 bits per heavy atom. The van der Waals surface area contributed by atoms with Crippen LogP contribution in [-0.4, -0.2) is 109 Å². The number of amides is 1. The highest BCUT2D eigenvalue weighted by Crippen LogP contribution is 2.43. The van der Waals surface area contributed by atoms with Crippen molar-refractivity contribution in [2.45, 2.75) is 129 Å². The third-order valence-electron chi connectivity index (χ3n) is 10.8. The van der Waals surface area contributed by atoms with E-state index in [0.717, 1.165) is 6.42 Å². The number of hydrogen-bond acceptors (Lipinski definition) is 11. The summed E-state index contributed by atoms with van der Waals surface area (Å²) in [6.45, 7) is 15.5. The first-order valence-corrected chi connectivity index (χ1v) is 16.7. The Morgan fingerprint density at radius 3 is 2.23 bits per heavy atom. The fraction of sp³-hybridized carbons (Fsp3) is 0.879. The zero-order valence-electron chi connectivity index (χ0n) is 30.1. The molecule has 3 aliphatic rings. The molecule has 3 saturated heterocycles. The smallest absolute Gasteiger partial charge is 0.411 e. The van der Waals surface area contributed by atoms with E-state index in [1.54, 1.807) is 41.5 Å². The van der Waals surface area contributed by atoms with E-state index in [9.17, 15) is 19.2 Å². The van der Waals surface area contributed by atoms with Gasteiger partial charge in [0.25, 0.3) is 0 Å². The molecule has 0 radical (unpaired) electrons. The lowest BCUT2D eigenvalue weighted by Gasteiger charge is -2.47. The number of ether oxygens (including phenoxy) is 5. The summed E-state index contributed by atoms with van der Waals surface area (Å²) in [4.78, 5) is 61.4. The van der Waals surface area contributed by atoms with Crippen LogP contribution in [0, 0.1) is 29.6 Å². The summed E-state index contributed by atoms with van der Waals surface area (Å²) < 4.78 is 31.0. The molecule has 1 amide bonds. The van der Waals surface area contributed by atoms with Gasteiger partial charge in [0.15, 0.2) is 17.7 Å². The van der Waals surface area contributed by atoms with E-state index in [4.69, 9.17) is 29.2 Å². The number of nitrogens with zero attached hydrogens (tertiary/aromatic N) is 5. The molecule has 0 aliphatic carbocycles. The maximum Gasteiger partial charge on any atom is 0.411 e. The zero-order valence-corrected chi connectivity index (χ0v) is 30.1. The molecule has 3 rings (SSSR count). The predicted octanol–water partition coefficient (Wildman–Crippen LogP) is 4.73. The molecule has 14 nitrogen and oxygen atoms in total. The van der Waals surface area contributed by atoms with E-state index in [-0.39, 0.29) is 43.4 Å². The van der Waals surface area contributed by atoms with Gasteiger partial charge in [-0.3, -0.25) is 19.3 Å². The van der Waals surface area contributed by atoms with Crippen LogP contribution in [-0.2, 0) is 38.1 Å². The van der Waals surface area contributed by atoms with Crippen LogP contribution in [0.25, 0.3) is 10.4 Å². The fourth-order valence-electron chi connectivity index (χ4n) is 8.05. The third kappa shape index (κ3) is 7.62. The molecular weight excluding hydrogens is 610 g/mol. The van der Waals surface area contributed by atoms with Crippen molar-refractivity contribution in [1.29, 1.82) is 0 Å². The van der Waals surface area contributed by atoms with Gasteiger partial charge >= 0.3 is 12.1 Å². The first-order chi connectivity index (χ1) is 21.9. The average Bonchev–Trinajstić information content (AvgIpc) is 3.28. The Morgan fingerprint density at radius 2 is 1.68 bits per heavy atom. The van der Waals surface area contributed by atoms with Crippen molar-refractivity contribution in [1.82, 2.24) is 9.80 Å². The summed E-state index contributed by atoms with van der Waals surface area (Å²) in [7, 11) is 5.53. The molecule has 0 aromatic carbocycles. The maximum atomic E-state index is 14.3. The number of fused-ring (bicyclic) bond motifs is 1. The number of carbonyl (C=O) groups excluding carboxylic acids is 4. The molecule has 3 fully saturated rings. The Bertz CT molecular complexity index is 1230. The van der Waals surface area contributed by atoms with Crippen molar-refractivity contribution >= 4 is 23.6 Å². The molecule has 0 aromatic heterocycles. The summed E-state index contributed by atoms with van der Waals surface area (Å²) in [5.41, 5.74) is 6.36. The summed E-state index contributed by atoms with van der Waals surface area (Å²) in [6.07, 6.45) is -2.31. The second-order valence-corrected chi connectivity index (χ2v) is 14.4. The van der Waals surface area contributed by atoms with Gasteiger partial charge in [-0.2, -0.15) is 0 Å². The lowest BCUT2D eigenvalue weighted by molar-refractivity contribution is -0.280. The standard InChI is InChI=1S/C33H55N5O9/c1-13-24-33(9)27(38(16-35-36-34)31(42)47-33)20(5)25(39)17(2)15-32(8,43-12)28(21(6)26(40)22(7)29(41)45-24)46-30-19(4)23(37(10)11)14-18(3)44-30/h17-24,27-28,30H,13-16H2,1-12H3/t17-,18?,19?,20+,21+,22-,23?,24?,27-,28-,30?,32+,33-/m1/s1. The number of hydrogen-bond donors (Lipinski definition) is 0. The van der Waals surface area contributed by atoms with E-state index in [2.05, 4.69) is 14.9 Å². The molecule has 0 bridgehead atoms. The van der Waals surface area contributed by atoms with Gasteiger partial charge in [0.1, 0.15) is 24.5 Å². The first-order valence-electron chi connectivity index (χ1n) is 16.7. The minimum Gasteiger partial charge on any atom is -0.458 e. The fourth-order valence-corrected chi connectivity index (χ4v) is 8.05. The van der Waals surface area contributed by atoms with Crippen LogP contribution in [0.4, 0.5) is 4.79 Å². The third-order valence-corrected chi connectivity index (χ3v) is 10.8. The number of Topliss-reactive ketones (excluding diaryl/α,β-unsaturated/α-hetero) is 2. The topological polar surface area (TPSA) is 170 Å². The number of azide groups is 1. The highest BCUT2D eigenvalue weighted by molar-refractivity contribution is 6.00. The summed E-state index contributed by atoms with van der Waals surface area (Å²) >= 11 is 0. The molecule has 0 aromatic rings. The summed E-state index contributed by atoms with van der Waals surface area (Å²) in [6, 6.07) is -0.787. The largest absolute Gasteiger partial charge is 0.458 e. The minimum absolute atomic E-state index is 0.0656. The molecular formula is C33H55N5O9. The van der Waals surface area contributed by atoms with Crippen molar-refractivity contribution < 1.29 is 42.9 Å². The van der Waals surface area contributed by atoms with E-state index in [0.29, 0.717) is 0 Å². The van der Waals surface area contributed by atoms with Crippen molar-refractivity contribution in [3.8, 4) is 0 Å². The number of esters is 1. The summed E-state index contributed by atoms with van der Waals surface area (Å²) in [5, 5.41) is 3.58. The SMILES string of the molecule is CCC1OC(=O)[C@H](C)C(=O)[C@H](C)[C@@H](OC2OC(C)CC(N(C)C)C2C)[C@@](C)(OC)C[C@@H](C)C(=O)[C@H](C)[C@H]2N(CN=[N+]=[N-])C(=O)O[C@]12C. The molecule has 0 N–H and O–H groups in total. The quantitative estimate of drug-likeness (QED) is 0.122. The normalized spacial score (nSPS) is 42.3. The molecule has 0 saturated carbocycles. The van der Waals surface area contributed by atoms with Crippen LogP contribution in [0.2, 0.25) is 0 Å². The molecule has 13 atom stereocenters. The Kier molecular flexibility index (Phi) is 12.5. The minimum atomic E-state index is -1.48. The van der Waals surface area contributed by atoms with E-state index >= 15 is 0 Å². The highest BCUT2D eigenvalue weighted by Gasteiger charge is 2.60. The van der Waals surface area contributed by atoms with Crippen LogP contribution in [0.5, 0.6) is 0 Å². The van der Waals surface area contributed by atoms with Crippen LogP contribution < -0.4 is 0 Å². The van der Waals surface area contributed by atoms with E-state index in [1.807, 2.05) is 27.9 Å². The maximum absolute atomic E-state index is 14.3. The van der Waals surface area contributed by atoms with Gasteiger partial charge in [0.05, 0.1) is 23.9 Å². The van der Waals surface area contributed by atoms with Gasteiger partial charge in [-0.05, 0) is 66.6 Å². The Labute approximate surface area is 278 Å². The number of cyclic esters (lactones) is 1.